The Morgan fingerprint density at radius 1 is 0.957 bits per heavy atom. The van der Waals surface area contributed by atoms with Crippen LogP contribution in [0.1, 0.15) is 39.0 Å². The maximum Gasteiger partial charge on any atom is 0.414 e. The third-order valence-electron chi connectivity index (χ3n) is 4.11. The Hall–Kier alpha value is -1.83. The number of ether oxygens (including phenoxy) is 1. The molecule has 2 fully saturated rings. The van der Waals surface area contributed by atoms with E-state index < -0.39 is 11.9 Å². The minimum atomic E-state index is -1.82. The Morgan fingerprint density at radius 3 is 1.91 bits per heavy atom. The molecule has 1 aliphatic carbocycles. The highest BCUT2D eigenvalue weighted by molar-refractivity contribution is 6.27. The fraction of sp³-hybridized carbons (Fsp3) is 0.800. The average Bonchev–Trinajstić information content (AvgIpc) is 2.56. The second-order valence-corrected chi connectivity index (χ2v) is 5.62. The molecule has 1 amide bonds. The highest BCUT2D eigenvalue weighted by Gasteiger charge is 2.27. The highest BCUT2D eigenvalue weighted by Crippen LogP contribution is 2.23. The first-order chi connectivity index (χ1) is 11.0. The van der Waals surface area contributed by atoms with Gasteiger partial charge in [0.2, 0.25) is 0 Å². The summed E-state index contributed by atoms with van der Waals surface area (Å²) in [6.45, 7) is 6.02. The number of amides is 1. The lowest BCUT2D eigenvalue weighted by Crippen LogP contribution is -2.52. The van der Waals surface area contributed by atoms with Crippen molar-refractivity contribution in [2.75, 3.05) is 32.8 Å². The molecule has 132 valence electrons. The van der Waals surface area contributed by atoms with Gasteiger partial charge in [-0.1, -0.05) is 19.3 Å². The molecule has 8 heteroatoms. The zero-order valence-electron chi connectivity index (χ0n) is 13.6. The van der Waals surface area contributed by atoms with E-state index in [2.05, 4.69) is 4.90 Å². The standard InChI is InChI=1S/C13H24N2O2.C2H2O4/c1-2-17-13(16)15-10-8-14(9-11-15)12-6-4-3-5-7-12;3-1(4)2(5)6/h12H,2-11H2,1H3;(H,3,4)(H,5,6). The van der Waals surface area contributed by atoms with Crippen molar-refractivity contribution >= 4 is 18.0 Å². The van der Waals surface area contributed by atoms with Gasteiger partial charge in [0.05, 0.1) is 6.61 Å². The van der Waals surface area contributed by atoms with Gasteiger partial charge in [0.15, 0.2) is 0 Å². The molecule has 0 spiro atoms. The minimum Gasteiger partial charge on any atom is -0.473 e. The Morgan fingerprint density at radius 2 is 1.48 bits per heavy atom. The van der Waals surface area contributed by atoms with Crippen LogP contribution in [0, 0.1) is 0 Å². The first-order valence-corrected chi connectivity index (χ1v) is 8.07. The van der Waals surface area contributed by atoms with Crippen molar-refractivity contribution in [1.82, 2.24) is 9.80 Å². The van der Waals surface area contributed by atoms with Crippen LogP contribution in [-0.4, -0.2) is 76.9 Å². The Kier molecular flexibility index (Phi) is 8.39. The van der Waals surface area contributed by atoms with Gasteiger partial charge >= 0.3 is 18.0 Å². The Balaban J connectivity index is 0.000000379. The van der Waals surface area contributed by atoms with Crippen LogP contribution in [0.25, 0.3) is 0 Å². The third-order valence-corrected chi connectivity index (χ3v) is 4.11. The van der Waals surface area contributed by atoms with Crippen LogP contribution >= 0.6 is 0 Å². The van der Waals surface area contributed by atoms with E-state index in [1.807, 2.05) is 11.8 Å². The van der Waals surface area contributed by atoms with Gasteiger partial charge in [0.25, 0.3) is 0 Å². The predicted molar refractivity (Wildman–Crippen MR) is 82.3 cm³/mol. The van der Waals surface area contributed by atoms with Crippen molar-refractivity contribution in [1.29, 1.82) is 0 Å². The number of rotatable bonds is 2. The van der Waals surface area contributed by atoms with Gasteiger partial charge in [-0.25, -0.2) is 14.4 Å². The number of hydrogen-bond donors (Lipinski definition) is 2. The fourth-order valence-corrected chi connectivity index (χ4v) is 2.93. The molecule has 0 atom stereocenters. The highest BCUT2D eigenvalue weighted by atomic mass is 16.6. The van der Waals surface area contributed by atoms with Crippen LogP contribution in [0.4, 0.5) is 4.79 Å². The molecule has 1 saturated heterocycles. The summed E-state index contributed by atoms with van der Waals surface area (Å²) in [5.74, 6) is -3.65. The summed E-state index contributed by atoms with van der Waals surface area (Å²) >= 11 is 0. The first kappa shape index (κ1) is 19.2. The number of carbonyl (C=O) groups is 3. The molecule has 2 rings (SSSR count). The van der Waals surface area contributed by atoms with Crippen molar-refractivity contribution < 1.29 is 29.3 Å². The van der Waals surface area contributed by atoms with Gasteiger partial charge in [-0.3, -0.25) is 4.90 Å². The molecular weight excluding hydrogens is 304 g/mol. The molecule has 0 aromatic rings. The van der Waals surface area contributed by atoms with E-state index in [0.717, 1.165) is 32.2 Å². The van der Waals surface area contributed by atoms with Crippen LogP contribution in [-0.2, 0) is 14.3 Å². The first-order valence-electron chi connectivity index (χ1n) is 8.07. The minimum absolute atomic E-state index is 0.143. The van der Waals surface area contributed by atoms with Gasteiger partial charge in [-0.2, -0.15) is 0 Å². The van der Waals surface area contributed by atoms with Crippen molar-refractivity contribution in [3.8, 4) is 0 Å². The van der Waals surface area contributed by atoms with Gasteiger partial charge in [0.1, 0.15) is 0 Å². The summed E-state index contributed by atoms with van der Waals surface area (Å²) in [5, 5.41) is 14.8. The Labute approximate surface area is 136 Å². The normalized spacial score (nSPS) is 19.4. The summed E-state index contributed by atoms with van der Waals surface area (Å²) in [4.78, 5) is 34.2. The lowest BCUT2D eigenvalue weighted by atomic mass is 9.94. The maximum absolute atomic E-state index is 11.6. The van der Waals surface area contributed by atoms with Crippen molar-refractivity contribution in [3.63, 3.8) is 0 Å². The van der Waals surface area contributed by atoms with Crippen LogP contribution < -0.4 is 0 Å². The molecular formula is C15H26N2O6. The monoisotopic (exact) mass is 330 g/mol. The summed E-state index contributed by atoms with van der Waals surface area (Å²) in [6.07, 6.45) is 6.71. The van der Waals surface area contributed by atoms with E-state index in [4.69, 9.17) is 24.5 Å². The van der Waals surface area contributed by atoms with E-state index in [1.165, 1.54) is 32.1 Å². The number of nitrogens with zero attached hydrogens (tertiary/aromatic N) is 2. The molecule has 23 heavy (non-hydrogen) atoms. The number of hydrogen-bond acceptors (Lipinski definition) is 5. The number of aliphatic carboxylic acids is 2. The molecule has 2 N–H and O–H groups in total. The van der Waals surface area contributed by atoms with Crippen LogP contribution in [0.5, 0.6) is 0 Å². The topological polar surface area (TPSA) is 107 Å². The van der Waals surface area contributed by atoms with Crippen LogP contribution in [0.2, 0.25) is 0 Å². The molecule has 1 aliphatic heterocycles. The molecule has 0 aromatic carbocycles. The number of carbonyl (C=O) groups excluding carboxylic acids is 1. The number of piperazine rings is 1. The molecule has 0 bridgehead atoms. The van der Waals surface area contributed by atoms with Crippen molar-refractivity contribution in [3.05, 3.63) is 0 Å². The number of carboxylic acids is 2. The largest absolute Gasteiger partial charge is 0.473 e. The smallest absolute Gasteiger partial charge is 0.414 e. The lowest BCUT2D eigenvalue weighted by molar-refractivity contribution is -0.159. The molecule has 2 aliphatic rings. The van der Waals surface area contributed by atoms with Gasteiger partial charge in [0, 0.05) is 32.2 Å². The molecule has 0 radical (unpaired) electrons. The van der Waals surface area contributed by atoms with Crippen molar-refractivity contribution in [2.45, 2.75) is 45.1 Å². The molecule has 0 aromatic heterocycles. The van der Waals surface area contributed by atoms with Gasteiger partial charge in [-0.05, 0) is 19.8 Å². The average molecular weight is 330 g/mol. The summed E-state index contributed by atoms with van der Waals surface area (Å²) in [5.41, 5.74) is 0. The van der Waals surface area contributed by atoms with Gasteiger partial charge in [-0.15, -0.1) is 0 Å². The fourth-order valence-electron chi connectivity index (χ4n) is 2.93. The molecule has 8 nitrogen and oxygen atoms in total. The Bertz CT molecular complexity index is 389. The van der Waals surface area contributed by atoms with Crippen LogP contribution in [0.3, 0.4) is 0 Å². The third kappa shape index (κ3) is 6.85. The van der Waals surface area contributed by atoms with Crippen LogP contribution in [0.15, 0.2) is 0 Å². The van der Waals surface area contributed by atoms with E-state index in [0.29, 0.717) is 6.61 Å². The van der Waals surface area contributed by atoms with E-state index in [9.17, 15) is 4.79 Å². The zero-order valence-corrected chi connectivity index (χ0v) is 13.6. The predicted octanol–water partition coefficient (Wildman–Crippen LogP) is 1.25. The van der Waals surface area contributed by atoms with E-state index in [-0.39, 0.29) is 6.09 Å². The summed E-state index contributed by atoms with van der Waals surface area (Å²) < 4.78 is 5.03. The SMILES string of the molecule is CCOC(=O)N1CCN(C2CCCCC2)CC1.O=C(O)C(=O)O. The zero-order chi connectivity index (χ0) is 17.2. The number of carboxylic acid groups (broad SMARTS) is 2. The quantitative estimate of drug-likeness (QED) is 0.734. The second kappa shape index (κ2) is 10.0. The van der Waals surface area contributed by atoms with Crippen molar-refractivity contribution in [2.24, 2.45) is 0 Å². The summed E-state index contributed by atoms with van der Waals surface area (Å²) in [6, 6.07) is 0.771. The van der Waals surface area contributed by atoms with E-state index >= 15 is 0 Å². The summed E-state index contributed by atoms with van der Waals surface area (Å²) in [7, 11) is 0. The van der Waals surface area contributed by atoms with Gasteiger partial charge < -0.3 is 19.8 Å². The lowest BCUT2D eigenvalue weighted by Gasteiger charge is -2.40. The van der Waals surface area contributed by atoms with E-state index in [1.54, 1.807) is 0 Å². The second-order valence-electron chi connectivity index (χ2n) is 5.62. The maximum atomic E-state index is 11.6. The molecule has 1 heterocycles. The molecule has 1 saturated carbocycles. The molecule has 0 unspecified atom stereocenters.